The molecule has 0 saturated carbocycles. The summed E-state index contributed by atoms with van der Waals surface area (Å²) < 4.78 is 0. The van der Waals surface area contributed by atoms with Crippen molar-refractivity contribution < 1.29 is 9.59 Å². The van der Waals surface area contributed by atoms with Gasteiger partial charge in [0.2, 0.25) is 11.8 Å². The largest absolute Gasteiger partial charge is 0.351 e. The number of carbonyl (C=O) groups excluding carboxylic acids is 2. The molecule has 5 heteroatoms. The van der Waals surface area contributed by atoms with Crippen LogP contribution in [0, 0.1) is 0 Å². The number of nitrogens with zero attached hydrogens (tertiary/aromatic N) is 1. The Morgan fingerprint density at radius 3 is 3.05 bits per heavy atom. The van der Waals surface area contributed by atoms with Crippen LogP contribution in [-0.4, -0.2) is 35.8 Å². The molecule has 0 aliphatic carbocycles. The fourth-order valence-electron chi connectivity index (χ4n) is 2.46. The van der Waals surface area contributed by atoms with Crippen LogP contribution < -0.4 is 5.32 Å². The van der Waals surface area contributed by atoms with E-state index in [-0.39, 0.29) is 24.3 Å². The van der Waals surface area contributed by atoms with E-state index in [1.165, 1.54) is 0 Å². The van der Waals surface area contributed by atoms with E-state index in [1.54, 1.807) is 11.0 Å². The van der Waals surface area contributed by atoms with Crippen LogP contribution in [0.5, 0.6) is 0 Å². The Balaban J connectivity index is 1.83. The second-order valence-electron chi connectivity index (χ2n) is 5.18. The first-order chi connectivity index (χ1) is 10.1. The quantitative estimate of drug-likeness (QED) is 0.819. The summed E-state index contributed by atoms with van der Waals surface area (Å²) in [7, 11) is 0. The zero-order valence-electron chi connectivity index (χ0n) is 11.8. The predicted molar refractivity (Wildman–Crippen MR) is 83.1 cm³/mol. The van der Waals surface area contributed by atoms with Crippen molar-refractivity contribution in [3.8, 4) is 0 Å². The number of benzene rings is 1. The van der Waals surface area contributed by atoms with Crippen molar-refractivity contribution in [1.29, 1.82) is 0 Å². The zero-order valence-corrected chi connectivity index (χ0v) is 12.6. The van der Waals surface area contributed by atoms with Crippen molar-refractivity contribution in [3.05, 3.63) is 47.5 Å². The second-order valence-corrected chi connectivity index (χ2v) is 5.62. The maximum Gasteiger partial charge on any atom is 0.224 e. The van der Waals surface area contributed by atoms with E-state index >= 15 is 0 Å². The number of amides is 2. The molecule has 21 heavy (non-hydrogen) atoms. The number of rotatable bonds is 6. The molecule has 0 aromatic heterocycles. The minimum absolute atomic E-state index is 0.0838. The molecule has 0 unspecified atom stereocenters. The molecule has 1 N–H and O–H groups in total. The van der Waals surface area contributed by atoms with Gasteiger partial charge in [0.1, 0.15) is 0 Å². The molecule has 1 fully saturated rings. The molecule has 1 atom stereocenters. The fraction of sp³-hybridized carbons (Fsp3) is 0.375. The number of hydrogen-bond acceptors (Lipinski definition) is 2. The third-order valence-electron chi connectivity index (χ3n) is 3.47. The van der Waals surface area contributed by atoms with Crippen LogP contribution in [0.15, 0.2) is 36.9 Å². The van der Waals surface area contributed by atoms with Crippen molar-refractivity contribution in [2.75, 3.05) is 13.1 Å². The lowest BCUT2D eigenvalue weighted by Crippen LogP contribution is -2.37. The highest BCUT2D eigenvalue weighted by Crippen LogP contribution is 2.15. The third-order valence-corrected chi connectivity index (χ3v) is 3.70. The van der Waals surface area contributed by atoms with E-state index in [2.05, 4.69) is 11.9 Å². The first-order valence-electron chi connectivity index (χ1n) is 7.01. The van der Waals surface area contributed by atoms with Crippen LogP contribution in [-0.2, 0) is 16.0 Å². The summed E-state index contributed by atoms with van der Waals surface area (Å²) in [5.74, 6) is 0.000391. The van der Waals surface area contributed by atoms with E-state index in [4.69, 9.17) is 11.6 Å². The number of nitrogens with one attached hydrogen (secondary N) is 1. The summed E-state index contributed by atoms with van der Waals surface area (Å²) in [6.45, 7) is 4.74. The van der Waals surface area contributed by atoms with Gasteiger partial charge in [-0.15, -0.1) is 6.58 Å². The van der Waals surface area contributed by atoms with E-state index in [1.807, 2.05) is 24.3 Å². The predicted octanol–water partition coefficient (Wildman–Crippen LogP) is 2.18. The maximum absolute atomic E-state index is 11.9. The van der Waals surface area contributed by atoms with Gasteiger partial charge in [0, 0.05) is 31.0 Å². The molecule has 0 spiro atoms. The lowest BCUT2D eigenvalue weighted by atomic mass is 10.1. The molecule has 1 aliphatic heterocycles. The smallest absolute Gasteiger partial charge is 0.224 e. The van der Waals surface area contributed by atoms with Gasteiger partial charge in [-0.05, 0) is 24.1 Å². The van der Waals surface area contributed by atoms with Gasteiger partial charge in [-0.1, -0.05) is 29.8 Å². The molecule has 1 heterocycles. The monoisotopic (exact) mass is 306 g/mol. The van der Waals surface area contributed by atoms with Crippen LogP contribution in [0.4, 0.5) is 0 Å². The molecule has 1 aliphatic rings. The van der Waals surface area contributed by atoms with Crippen molar-refractivity contribution in [3.63, 3.8) is 0 Å². The summed E-state index contributed by atoms with van der Waals surface area (Å²) in [4.78, 5) is 25.2. The fourth-order valence-corrected chi connectivity index (χ4v) is 2.67. The minimum Gasteiger partial charge on any atom is -0.351 e. The molecule has 4 nitrogen and oxygen atoms in total. The van der Waals surface area contributed by atoms with Gasteiger partial charge < -0.3 is 10.2 Å². The van der Waals surface area contributed by atoms with Crippen LogP contribution >= 0.6 is 11.6 Å². The summed E-state index contributed by atoms with van der Waals surface area (Å²) in [5, 5.41) is 3.56. The summed E-state index contributed by atoms with van der Waals surface area (Å²) in [6.07, 6.45) is 2.98. The Bertz CT molecular complexity index is 545. The SMILES string of the molecule is C=CCC(=O)N[C@H]1CC(=O)N(CCc2cccc(Cl)c2)C1. The number of likely N-dealkylation sites (tertiary alicyclic amines) is 1. The number of halogens is 1. The highest BCUT2D eigenvalue weighted by molar-refractivity contribution is 6.30. The van der Waals surface area contributed by atoms with E-state index in [0.717, 1.165) is 12.0 Å². The Hall–Kier alpha value is -1.81. The van der Waals surface area contributed by atoms with Gasteiger partial charge in [-0.2, -0.15) is 0 Å². The van der Waals surface area contributed by atoms with E-state index < -0.39 is 0 Å². The highest BCUT2D eigenvalue weighted by atomic mass is 35.5. The van der Waals surface area contributed by atoms with Gasteiger partial charge in [-0.3, -0.25) is 9.59 Å². The molecule has 2 rings (SSSR count). The van der Waals surface area contributed by atoms with Gasteiger partial charge in [0.05, 0.1) is 6.04 Å². The Kier molecular flexibility index (Phi) is 5.39. The Labute approximate surface area is 129 Å². The number of hydrogen-bond donors (Lipinski definition) is 1. The van der Waals surface area contributed by atoms with Crippen LogP contribution in [0.3, 0.4) is 0 Å². The average molecular weight is 307 g/mol. The van der Waals surface area contributed by atoms with Gasteiger partial charge in [0.25, 0.3) is 0 Å². The molecule has 1 saturated heterocycles. The zero-order chi connectivity index (χ0) is 15.2. The molecule has 1 aromatic carbocycles. The van der Waals surface area contributed by atoms with Crippen molar-refractivity contribution >= 4 is 23.4 Å². The molecule has 0 radical (unpaired) electrons. The van der Waals surface area contributed by atoms with Gasteiger partial charge in [-0.25, -0.2) is 0 Å². The van der Waals surface area contributed by atoms with Crippen LogP contribution in [0.1, 0.15) is 18.4 Å². The molecule has 2 amide bonds. The summed E-state index contributed by atoms with van der Waals surface area (Å²) in [6, 6.07) is 7.55. The van der Waals surface area contributed by atoms with Crippen LogP contribution in [0.25, 0.3) is 0 Å². The maximum atomic E-state index is 11.9. The Morgan fingerprint density at radius 2 is 2.33 bits per heavy atom. The van der Waals surface area contributed by atoms with Gasteiger partial charge >= 0.3 is 0 Å². The van der Waals surface area contributed by atoms with Gasteiger partial charge in [0.15, 0.2) is 0 Å². The highest BCUT2D eigenvalue weighted by Gasteiger charge is 2.29. The third kappa shape index (κ3) is 4.60. The topological polar surface area (TPSA) is 49.4 Å². The first kappa shape index (κ1) is 15.6. The molecule has 0 bridgehead atoms. The molecular weight excluding hydrogens is 288 g/mol. The van der Waals surface area contributed by atoms with E-state index in [0.29, 0.717) is 24.5 Å². The molecule has 112 valence electrons. The lowest BCUT2D eigenvalue weighted by Gasteiger charge is -2.17. The molecule has 1 aromatic rings. The van der Waals surface area contributed by atoms with Crippen molar-refractivity contribution in [1.82, 2.24) is 10.2 Å². The average Bonchev–Trinajstić information content (AvgIpc) is 2.77. The Morgan fingerprint density at radius 1 is 1.52 bits per heavy atom. The minimum atomic E-state index is -0.0932. The number of carbonyl (C=O) groups is 2. The standard InChI is InChI=1S/C16H19ClN2O2/c1-2-4-15(20)18-14-10-16(21)19(11-14)8-7-12-5-3-6-13(17)9-12/h2-3,5-6,9,14H,1,4,7-8,10-11H2,(H,18,20)/t14-/m0/s1. The first-order valence-corrected chi connectivity index (χ1v) is 7.38. The normalized spacial score (nSPS) is 17.9. The summed E-state index contributed by atoms with van der Waals surface area (Å²) >= 11 is 5.94. The summed E-state index contributed by atoms with van der Waals surface area (Å²) in [5.41, 5.74) is 1.11. The van der Waals surface area contributed by atoms with Crippen molar-refractivity contribution in [2.45, 2.75) is 25.3 Å². The lowest BCUT2D eigenvalue weighted by molar-refractivity contribution is -0.127. The second kappa shape index (κ2) is 7.27. The van der Waals surface area contributed by atoms with Crippen molar-refractivity contribution in [2.24, 2.45) is 0 Å². The van der Waals surface area contributed by atoms with E-state index in [9.17, 15) is 9.59 Å². The molecular formula is C16H19ClN2O2. The van der Waals surface area contributed by atoms with Crippen LogP contribution in [0.2, 0.25) is 5.02 Å².